The van der Waals surface area contributed by atoms with E-state index in [1.165, 1.54) is 64.2 Å². The summed E-state index contributed by atoms with van der Waals surface area (Å²) in [6.07, 6.45) is 13.0. The zero-order chi connectivity index (χ0) is 14.4. The van der Waals surface area contributed by atoms with Crippen LogP contribution in [0.3, 0.4) is 0 Å². The van der Waals surface area contributed by atoms with E-state index < -0.39 is 0 Å². The number of rotatable bonds is 14. The quantitative estimate of drug-likeness (QED) is 0.310. The first kappa shape index (κ1) is 19.3. The van der Waals surface area contributed by atoms with Crippen molar-refractivity contribution in [1.29, 1.82) is 0 Å². The molecule has 0 saturated heterocycles. The molecule has 0 atom stereocenters. The fraction of sp³-hybridized carbons (Fsp3) is 1.00. The predicted octanol–water partition coefficient (Wildman–Crippen LogP) is 5.88. The minimum absolute atomic E-state index is 0.328. The molecule has 0 fully saturated rings. The van der Waals surface area contributed by atoms with Crippen LogP contribution >= 0.6 is 12.6 Å². The monoisotopic (exact) mass is 288 g/mol. The minimum atomic E-state index is 0.328. The molecule has 0 amide bonds. The van der Waals surface area contributed by atoms with Crippen molar-refractivity contribution in [3.8, 4) is 0 Å². The van der Waals surface area contributed by atoms with Crippen molar-refractivity contribution < 1.29 is 4.74 Å². The van der Waals surface area contributed by atoms with E-state index in [9.17, 15) is 0 Å². The first-order valence-electron chi connectivity index (χ1n) is 8.43. The highest BCUT2D eigenvalue weighted by atomic mass is 32.1. The molecule has 0 aliphatic heterocycles. The number of unbranched alkanes of at least 4 members (excludes halogenated alkanes) is 5. The Hall–Kier alpha value is 0.310. The van der Waals surface area contributed by atoms with Crippen molar-refractivity contribution in [3.05, 3.63) is 0 Å². The van der Waals surface area contributed by atoms with E-state index >= 15 is 0 Å². The van der Waals surface area contributed by atoms with Crippen LogP contribution in [-0.4, -0.2) is 19.0 Å². The molecule has 1 nitrogen and oxygen atoms in total. The van der Waals surface area contributed by atoms with Gasteiger partial charge in [-0.25, -0.2) is 0 Å². The Balaban J connectivity index is 3.68. The smallest absolute Gasteiger partial charge is 0.0530 e. The van der Waals surface area contributed by atoms with Gasteiger partial charge < -0.3 is 4.74 Å². The third-order valence-corrected chi connectivity index (χ3v) is 4.62. The molecule has 0 aliphatic rings. The van der Waals surface area contributed by atoms with Gasteiger partial charge in [0.1, 0.15) is 0 Å². The van der Waals surface area contributed by atoms with Crippen LogP contribution in [0.15, 0.2) is 0 Å². The van der Waals surface area contributed by atoms with Crippen molar-refractivity contribution in [2.45, 2.75) is 85.0 Å². The standard InChI is InChI=1S/C17H36OS/c1-4-7-8-9-10-11-14-18-15-17(16-19,12-5-2)13-6-3/h19H,4-16H2,1-3H3. The van der Waals surface area contributed by atoms with Gasteiger partial charge in [-0.2, -0.15) is 12.6 Å². The lowest BCUT2D eigenvalue weighted by Crippen LogP contribution is -2.29. The normalized spacial score (nSPS) is 12.0. The Morgan fingerprint density at radius 1 is 0.789 bits per heavy atom. The van der Waals surface area contributed by atoms with Gasteiger partial charge in [0.15, 0.2) is 0 Å². The van der Waals surface area contributed by atoms with Crippen LogP contribution in [0.5, 0.6) is 0 Å². The zero-order valence-corrected chi connectivity index (χ0v) is 14.4. The summed E-state index contributed by atoms with van der Waals surface area (Å²) in [5.41, 5.74) is 0.328. The Kier molecular flexibility index (Phi) is 13.5. The number of hydrogen-bond donors (Lipinski definition) is 1. The van der Waals surface area contributed by atoms with Gasteiger partial charge in [-0.15, -0.1) is 0 Å². The maximum atomic E-state index is 5.95. The van der Waals surface area contributed by atoms with E-state index in [1.807, 2.05) is 0 Å². The minimum Gasteiger partial charge on any atom is -0.381 e. The van der Waals surface area contributed by atoms with Gasteiger partial charge in [0.2, 0.25) is 0 Å². The molecular formula is C17H36OS. The lowest BCUT2D eigenvalue weighted by Gasteiger charge is -2.31. The average molecular weight is 289 g/mol. The van der Waals surface area contributed by atoms with Gasteiger partial charge in [-0.3, -0.25) is 0 Å². The molecule has 0 unspecified atom stereocenters. The molecule has 0 rings (SSSR count). The largest absolute Gasteiger partial charge is 0.381 e. The fourth-order valence-electron chi connectivity index (χ4n) is 2.81. The molecular weight excluding hydrogens is 252 g/mol. The van der Waals surface area contributed by atoms with Crippen LogP contribution in [0.25, 0.3) is 0 Å². The van der Waals surface area contributed by atoms with Crippen molar-refractivity contribution in [2.75, 3.05) is 19.0 Å². The van der Waals surface area contributed by atoms with E-state index in [0.717, 1.165) is 19.0 Å². The molecule has 0 saturated carbocycles. The van der Waals surface area contributed by atoms with Gasteiger partial charge in [-0.1, -0.05) is 65.7 Å². The molecule has 0 bridgehead atoms. The highest BCUT2D eigenvalue weighted by Gasteiger charge is 2.26. The Labute approximate surface area is 127 Å². The van der Waals surface area contributed by atoms with E-state index in [0.29, 0.717) is 5.41 Å². The number of thiol groups is 1. The van der Waals surface area contributed by atoms with E-state index in [4.69, 9.17) is 4.74 Å². The molecule has 2 heteroatoms. The van der Waals surface area contributed by atoms with E-state index in [-0.39, 0.29) is 0 Å². The van der Waals surface area contributed by atoms with Gasteiger partial charge in [0, 0.05) is 12.0 Å². The Morgan fingerprint density at radius 3 is 1.89 bits per heavy atom. The van der Waals surface area contributed by atoms with Gasteiger partial charge in [0.05, 0.1) is 6.61 Å². The molecule has 19 heavy (non-hydrogen) atoms. The van der Waals surface area contributed by atoms with Crippen molar-refractivity contribution in [2.24, 2.45) is 5.41 Å². The van der Waals surface area contributed by atoms with E-state index in [2.05, 4.69) is 33.4 Å². The summed E-state index contributed by atoms with van der Waals surface area (Å²) in [4.78, 5) is 0. The lowest BCUT2D eigenvalue weighted by atomic mass is 9.82. The zero-order valence-electron chi connectivity index (χ0n) is 13.5. The van der Waals surface area contributed by atoms with Gasteiger partial charge >= 0.3 is 0 Å². The second-order valence-electron chi connectivity index (χ2n) is 5.98. The molecule has 116 valence electrons. The Morgan fingerprint density at radius 2 is 1.37 bits per heavy atom. The van der Waals surface area contributed by atoms with Crippen molar-refractivity contribution >= 4 is 12.6 Å². The van der Waals surface area contributed by atoms with Crippen LogP contribution in [0.2, 0.25) is 0 Å². The maximum Gasteiger partial charge on any atom is 0.0530 e. The van der Waals surface area contributed by atoms with Crippen LogP contribution in [0.4, 0.5) is 0 Å². The van der Waals surface area contributed by atoms with Gasteiger partial charge in [0.25, 0.3) is 0 Å². The highest BCUT2D eigenvalue weighted by Crippen LogP contribution is 2.31. The molecule has 0 spiro atoms. The predicted molar refractivity (Wildman–Crippen MR) is 90.3 cm³/mol. The van der Waals surface area contributed by atoms with Crippen LogP contribution in [0, 0.1) is 5.41 Å². The molecule has 0 aromatic heterocycles. The summed E-state index contributed by atoms with van der Waals surface area (Å²) in [6.45, 7) is 8.65. The third kappa shape index (κ3) is 9.79. The number of ether oxygens (including phenoxy) is 1. The fourth-order valence-corrected chi connectivity index (χ4v) is 3.21. The summed E-state index contributed by atoms with van der Waals surface area (Å²) in [5.74, 6) is 0.963. The van der Waals surface area contributed by atoms with Gasteiger partial charge in [-0.05, 0) is 25.0 Å². The summed E-state index contributed by atoms with van der Waals surface area (Å²) < 4.78 is 5.95. The first-order chi connectivity index (χ1) is 9.24. The summed E-state index contributed by atoms with van der Waals surface area (Å²) in [6, 6.07) is 0. The second kappa shape index (κ2) is 13.3. The van der Waals surface area contributed by atoms with Crippen molar-refractivity contribution in [1.82, 2.24) is 0 Å². The molecule has 0 aromatic carbocycles. The molecule has 0 N–H and O–H groups in total. The molecule has 0 aliphatic carbocycles. The van der Waals surface area contributed by atoms with Crippen LogP contribution in [-0.2, 0) is 4.74 Å². The SMILES string of the molecule is CCCCCCCCOCC(CS)(CCC)CCC. The summed E-state index contributed by atoms with van der Waals surface area (Å²) in [7, 11) is 0. The van der Waals surface area contributed by atoms with Crippen molar-refractivity contribution in [3.63, 3.8) is 0 Å². The second-order valence-corrected chi connectivity index (χ2v) is 6.29. The number of hydrogen-bond acceptors (Lipinski definition) is 2. The lowest BCUT2D eigenvalue weighted by molar-refractivity contribution is 0.0429. The highest BCUT2D eigenvalue weighted by molar-refractivity contribution is 7.80. The van der Waals surface area contributed by atoms with E-state index in [1.54, 1.807) is 0 Å². The Bertz CT molecular complexity index is 176. The maximum absolute atomic E-state index is 5.95. The first-order valence-corrected chi connectivity index (χ1v) is 9.06. The molecule has 0 aromatic rings. The average Bonchev–Trinajstić information content (AvgIpc) is 2.42. The topological polar surface area (TPSA) is 9.23 Å². The molecule has 0 heterocycles. The third-order valence-electron chi connectivity index (χ3n) is 3.95. The summed E-state index contributed by atoms with van der Waals surface area (Å²) in [5, 5.41) is 0. The molecule has 0 radical (unpaired) electrons. The summed E-state index contributed by atoms with van der Waals surface area (Å²) >= 11 is 4.57. The van der Waals surface area contributed by atoms with Crippen LogP contribution in [0.1, 0.15) is 85.0 Å². The van der Waals surface area contributed by atoms with Crippen LogP contribution < -0.4 is 0 Å².